The molecule has 0 unspecified atom stereocenters. The second-order valence-corrected chi connectivity index (χ2v) is 7.62. The third kappa shape index (κ3) is 3.73. The second-order valence-electron chi connectivity index (χ2n) is 7.62. The predicted octanol–water partition coefficient (Wildman–Crippen LogP) is 1.34. The number of rotatable bonds is 5. The Morgan fingerprint density at radius 1 is 1.14 bits per heavy atom. The number of aryl methyl sites for hydroxylation is 1. The van der Waals surface area contributed by atoms with Gasteiger partial charge in [-0.15, -0.1) is 0 Å². The highest BCUT2D eigenvalue weighted by molar-refractivity contribution is 5.86. The Hall–Kier alpha value is -2.85. The standard InChI is InChI=1S/C19H26N8O2/c1-4-5-27-16-13(23-17(27)19(2,3)28)15(26-6-8-29-9-7-26)24-14(25-16)12-10-21-18(20)22-11-12/h10-11,28H,4-9H2,1-3H3,(H2,20,21,22). The summed E-state index contributed by atoms with van der Waals surface area (Å²) in [5.41, 5.74) is 6.56. The molecule has 29 heavy (non-hydrogen) atoms. The van der Waals surface area contributed by atoms with E-state index in [1.54, 1.807) is 26.2 Å². The first-order chi connectivity index (χ1) is 13.9. The molecule has 10 nitrogen and oxygen atoms in total. The fourth-order valence-corrected chi connectivity index (χ4v) is 3.47. The summed E-state index contributed by atoms with van der Waals surface area (Å²) >= 11 is 0. The molecule has 3 aromatic rings. The van der Waals surface area contributed by atoms with Crippen LogP contribution in [0, 0.1) is 0 Å². The third-order valence-electron chi connectivity index (χ3n) is 4.81. The summed E-state index contributed by atoms with van der Waals surface area (Å²) in [7, 11) is 0. The number of nitrogen functional groups attached to an aromatic ring is 1. The van der Waals surface area contributed by atoms with Crippen molar-refractivity contribution < 1.29 is 9.84 Å². The van der Waals surface area contributed by atoms with Gasteiger partial charge in [0.2, 0.25) is 5.95 Å². The van der Waals surface area contributed by atoms with Crippen LogP contribution in [-0.2, 0) is 16.9 Å². The molecular formula is C19H26N8O2. The maximum atomic E-state index is 10.7. The Labute approximate surface area is 168 Å². The van der Waals surface area contributed by atoms with Crippen LogP contribution in [0.5, 0.6) is 0 Å². The molecule has 1 saturated heterocycles. The van der Waals surface area contributed by atoms with Crippen LogP contribution in [0.1, 0.15) is 33.0 Å². The first kappa shape index (κ1) is 19.5. The number of ether oxygens (including phenoxy) is 1. The molecule has 4 heterocycles. The van der Waals surface area contributed by atoms with E-state index in [1.165, 1.54) is 0 Å². The molecule has 3 N–H and O–H groups in total. The number of nitrogens with zero attached hydrogens (tertiary/aromatic N) is 7. The number of hydrogen-bond donors (Lipinski definition) is 2. The maximum Gasteiger partial charge on any atom is 0.219 e. The maximum absolute atomic E-state index is 10.7. The van der Waals surface area contributed by atoms with Crippen LogP contribution in [0.4, 0.5) is 11.8 Å². The average molecular weight is 398 g/mol. The lowest BCUT2D eigenvalue weighted by Crippen LogP contribution is -2.37. The van der Waals surface area contributed by atoms with Gasteiger partial charge in [0.1, 0.15) is 11.4 Å². The number of fused-ring (bicyclic) bond motifs is 1. The lowest BCUT2D eigenvalue weighted by Gasteiger charge is -2.28. The van der Waals surface area contributed by atoms with E-state index in [0.717, 1.165) is 12.2 Å². The molecule has 1 fully saturated rings. The Bertz CT molecular complexity index is 1000. The number of aliphatic hydroxyl groups is 1. The first-order valence-corrected chi connectivity index (χ1v) is 9.80. The van der Waals surface area contributed by atoms with Gasteiger partial charge in [-0.3, -0.25) is 0 Å². The van der Waals surface area contributed by atoms with Crippen molar-refractivity contribution in [2.75, 3.05) is 36.9 Å². The Morgan fingerprint density at radius 3 is 2.45 bits per heavy atom. The van der Waals surface area contributed by atoms with Gasteiger partial charge in [-0.05, 0) is 20.3 Å². The molecule has 10 heteroatoms. The number of morpholine rings is 1. The van der Waals surface area contributed by atoms with Crippen molar-refractivity contribution >= 4 is 22.9 Å². The lowest BCUT2D eigenvalue weighted by molar-refractivity contribution is 0.0651. The van der Waals surface area contributed by atoms with Gasteiger partial charge in [0.25, 0.3) is 0 Å². The van der Waals surface area contributed by atoms with E-state index >= 15 is 0 Å². The van der Waals surface area contributed by atoms with Gasteiger partial charge in [-0.2, -0.15) is 0 Å². The van der Waals surface area contributed by atoms with Crippen molar-refractivity contribution in [3.8, 4) is 11.4 Å². The minimum absolute atomic E-state index is 0.198. The molecular weight excluding hydrogens is 372 g/mol. The van der Waals surface area contributed by atoms with E-state index < -0.39 is 5.60 Å². The quantitative estimate of drug-likeness (QED) is 0.654. The van der Waals surface area contributed by atoms with Gasteiger partial charge in [0, 0.05) is 32.0 Å². The second kappa shape index (κ2) is 7.53. The average Bonchev–Trinajstić information content (AvgIpc) is 3.08. The summed E-state index contributed by atoms with van der Waals surface area (Å²) in [6, 6.07) is 0. The minimum atomic E-state index is -1.11. The summed E-state index contributed by atoms with van der Waals surface area (Å²) in [5.74, 6) is 2.00. The molecule has 0 saturated carbocycles. The monoisotopic (exact) mass is 398 g/mol. The van der Waals surface area contributed by atoms with Crippen molar-refractivity contribution in [1.82, 2.24) is 29.5 Å². The van der Waals surface area contributed by atoms with Crippen LogP contribution in [0.15, 0.2) is 12.4 Å². The molecule has 0 radical (unpaired) electrons. The van der Waals surface area contributed by atoms with Gasteiger partial charge in [-0.1, -0.05) is 6.92 Å². The van der Waals surface area contributed by atoms with Crippen molar-refractivity contribution in [1.29, 1.82) is 0 Å². The summed E-state index contributed by atoms with van der Waals surface area (Å²) in [6.07, 6.45) is 4.11. The molecule has 4 rings (SSSR count). The van der Waals surface area contributed by atoms with Crippen molar-refractivity contribution in [3.05, 3.63) is 18.2 Å². The van der Waals surface area contributed by atoms with Crippen molar-refractivity contribution in [3.63, 3.8) is 0 Å². The van der Waals surface area contributed by atoms with Crippen LogP contribution in [0.25, 0.3) is 22.6 Å². The molecule has 0 bridgehead atoms. The molecule has 0 spiro atoms. The fraction of sp³-hybridized carbons (Fsp3) is 0.526. The van der Waals surface area contributed by atoms with Crippen LogP contribution >= 0.6 is 0 Å². The Kier molecular flexibility index (Phi) is 5.05. The van der Waals surface area contributed by atoms with E-state index in [2.05, 4.69) is 21.8 Å². The summed E-state index contributed by atoms with van der Waals surface area (Å²) < 4.78 is 7.47. The van der Waals surface area contributed by atoms with Crippen molar-refractivity contribution in [2.45, 2.75) is 39.3 Å². The molecule has 1 aliphatic heterocycles. The highest BCUT2D eigenvalue weighted by Gasteiger charge is 2.29. The van der Waals surface area contributed by atoms with Gasteiger partial charge >= 0.3 is 0 Å². The van der Waals surface area contributed by atoms with Crippen LogP contribution < -0.4 is 10.6 Å². The molecule has 3 aromatic heterocycles. The predicted molar refractivity (Wildman–Crippen MR) is 109 cm³/mol. The zero-order valence-electron chi connectivity index (χ0n) is 17.0. The SMILES string of the molecule is CCCn1c(C(C)(C)O)nc2c(N3CCOCC3)nc(-c3cnc(N)nc3)nc21. The molecule has 154 valence electrons. The Balaban J connectivity index is 1.97. The molecule has 0 atom stereocenters. The van der Waals surface area contributed by atoms with Crippen LogP contribution in [0.3, 0.4) is 0 Å². The zero-order valence-corrected chi connectivity index (χ0v) is 17.0. The summed E-state index contributed by atoms with van der Waals surface area (Å²) in [5, 5.41) is 10.7. The van der Waals surface area contributed by atoms with Gasteiger partial charge in [-0.25, -0.2) is 24.9 Å². The van der Waals surface area contributed by atoms with E-state index in [9.17, 15) is 5.11 Å². The molecule has 0 amide bonds. The van der Waals surface area contributed by atoms with E-state index in [4.69, 9.17) is 25.4 Å². The number of imidazole rings is 1. The van der Waals surface area contributed by atoms with Gasteiger partial charge in [0.05, 0.1) is 18.8 Å². The first-order valence-electron chi connectivity index (χ1n) is 9.80. The molecule has 1 aliphatic rings. The van der Waals surface area contributed by atoms with Crippen LogP contribution in [0.2, 0.25) is 0 Å². The van der Waals surface area contributed by atoms with Gasteiger partial charge in [0.15, 0.2) is 22.8 Å². The lowest BCUT2D eigenvalue weighted by atomic mass is 10.1. The molecule has 0 aliphatic carbocycles. The zero-order chi connectivity index (χ0) is 20.6. The highest BCUT2D eigenvalue weighted by atomic mass is 16.5. The van der Waals surface area contributed by atoms with Gasteiger partial charge < -0.3 is 25.0 Å². The Morgan fingerprint density at radius 2 is 1.83 bits per heavy atom. The third-order valence-corrected chi connectivity index (χ3v) is 4.81. The topological polar surface area (TPSA) is 128 Å². The highest BCUT2D eigenvalue weighted by Crippen LogP contribution is 2.31. The summed E-state index contributed by atoms with van der Waals surface area (Å²) in [4.78, 5) is 24.7. The number of aromatic nitrogens is 6. The van der Waals surface area contributed by atoms with E-state index in [1.807, 2.05) is 4.57 Å². The largest absolute Gasteiger partial charge is 0.383 e. The van der Waals surface area contributed by atoms with E-state index in [-0.39, 0.29) is 5.95 Å². The number of nitrogens with two attached hydrogens (primary N) is 1. The van der Waals surface area contributed by atoms with E-state index in [0.29, 0.717) is 61.2 Å². The summed E-state index contributed by atoms with van der Waals surface area (Å²) in [6.45, 7) is 8.91. The molecule has 0 aromatic carbocycles. The minimum Gasteiger partial charge on any atom is -0.383 e. The smallest absolute Gasteiger partial charge is 0.219 e. The van der Waals surface area contributed by atoms with Crippen LogP contribution in [-0.4, -0.2) is 60.9 Å². The normalized spacial score (nSPS) is 15.2. The van der Waals surface area contributed by atoms with Crippen molar-refractivity contribution in [2.24, 2.45) is 0 Å². The fourth-order valence-electron chi connectivity index (χ4n) is 3.47. The number of hydrogen-bond acceptors (Lipinski definition) is 9. The number of anilines is 2.